The lowest BCUT2D eigenvalue weighted by molar-refractivity contribution is -0.135. The van der Waals surface area contributed by atoms with Gasteiger partial charge in [0.15, 0.2) is 25.0 Å². The van der Waals surface area contributed by atoms with Gasteiger partial charge < -0.3 is 23.0 Å². The van der Waals surface area contributed by atoms with Gasteiger partial charge >= 0.3 is 8.80 Å². The Kier molecular flexibility index (Phi) is 12.5. The van der Waals surface area contributed by atoms with Crippen LogP contribution < -0.4 is 5.73 Å². The highest BCUT2D eigenvalue weighted by Crippen LogP contribution is 2.30. The molecule has 0 heterocycles. The van der Waals surface area contributed by atoms with Crippen molar-refractivity contribution in [3.05, 3.63) is 0 Å². The van der Waals surface area contributed by atoms with Crippen LogP contribution in [0.15, 0.2) is 0 Å². The van der Waals surface area contributed by atoms with Gasteiger partial charge in [0.1, 0.15) is 0 Å². The molecule has 10 heteroatoms. The van der Waals surface area contributed by atoms with Crippen molar-refractivity contribution in [2.75, 3.05) is 19.6 Å². The van der Waals surface area contributed by atoms with E-state index in [1.807, 2.05) is 11.8 Å². The number of hydrogen-bond acceptors (Lipinski definition) is 5. The van der Waals surface area contributed by atoms with Crippen LogP contribution in [-0.4, -0.2) is 64.2 Å². The lowest BCUT2D eigenvalue weighted by Crippen LogP contribution is -2.60. The Bertz CT molecular complexity index is 476. The standard InChI is InChI=1S/C20H50N2O4Si4/c1-12-19(2)20(23)22(16-13-15-21)17-14-18-30(24-27(3,4)5,25-28(6,7)8)26-29(9,10)11/h19H,12-18,21H2,1-11H3. The molecule has 0 aliphatic carbocycles. The van der Waals surface area contributed by atoms with E-state index in [2.05, 4.69) is 65.8 Å². The molecule has 0 saturated carbocycles. The molecular weight excluding hydrogens is 445 g/mol. The molecule has 0 saturated heterocycles. The summed E-state index contributed by atoms with van der Waals surface area (Å²) in [6, 6.07) is 0.763. The zero-order chi connectivity index (χ0) is 23.8. The molecule has 2 N–H and O–H groups in total. The SMILES string of the molecule is CCC(C)C(=O)N(CCCN)CCC[Si](O[Si](C)(C)C)(O[Si](C)(C)C)O[Si](C)(C)C. The van der Waals surface area contributed by atoms with Gasteiger partial charge in [-0.05, 0) is 84.7 Å². The highest BCUT2D eigenvalue weighted by molar-refractivity contribution is 6.90. The third kappa shape index (κ3) is 13.6. The first-order chi connectivity index (χ1) is 13.4. The highest BCUT2D eigenvalue weighted by Gasteiger charge is 2.49. The fraction of sp³-hybridized carbons (Fsp3) is 0.950. The minimum atomic E-state index is -2.85. The summed E-state index contributed by atoms with van der Waals surface area (Å²) in [7, 11) is -8.48. The molecule has 0 fully saturated rings. The lowest BCUT2D eigenvalue weighted by atomic mass is 10.1. The monoisotopic (exact) mass is 494 g/mol. The minimum absolute atomic E-state index is 0.0412. The van der Waals surface area contributed by atoms with Gasteiger partial charge in [-0.15, -0.1) is 0 Å². The van der Waals surface area contributed by atoms with Crippen LogP contribution >= 0.6 is 0 Å². The Morgan fingerprint density at radius 3 is 1.57 bits per heavy atom. The molecule has 0 aliphatic heterocycles. The summed E-state index contributed by atoms with van der Waals surface area (Å²) >= 11 is 0. The molecule has 0 spiro atoms. The number of rotatable bonds is 15. The molecular formula is C20H50N2O4Si4. The summed E-state index contributed by atoms with van der Waals surface area (Å²) in [5, 5.41) is 0. The van der Waals surface area contributed by atoms with E-state index in [4.69, 9.17) is 18.1 Å². The van der Waals surface area contributed by atoms with E-state index in [9.17, 15) is 4.79 Å². The van der Waals surface area contributed by atoms with Crippen LogP contribution in [0.1, 0.15) is 33.1 Å². The molecule has 6 nitrogen and oxygen atoms in total. The average molecular weight is 495 g/mol. The zero-order valence-corrected chi connectivity index (χ0v) is 25.7. The molecule has 0 aromatic heterocycles. The molecule has 0 bridgehead atoms. The number of carbonyl (C=O) groups excluding carboxylic acids is 1. The smallest absolute Gasteiger partial charge is 0.417 e. The first kappa shape index (κ1) is 30.2. The molecule has 1 amide bonds. The maximum absolute atomic E-state index is 12.8. The van der Waals surface area contributed by atoms with Crippen LogP contribution in [0.3, 0.4) is 0 Å². The molecule has 0 aliphatic rings. The molecule has 0 radical (unpaired) electrons. The van der Waals surface area contributed by atoms with Gasteiger partial charge in [-0.25, -0.2) is 0 Å². The Morgan fingerprint density at radius 2 is 1.23 bits per heavy atom. The van der Waals surface area contributed by atoms with E-state index in [-0.39, 0.29) is 11.8 Å². The number of nitrogens with two attached hydrogens (primary N) is 1. The first-order valence-corrected chi connectivity index (χ1v) is 23.7. The van der Waals surface area contributed by atoms with Gasteiger partial charge in [0.05, 0.1) is 0 Å². The third-order valence-electron chi connectivity index (χ3n) is 4.27. The van der Waals surface area contributed by atoms with Crippen molar-refractivity contribution in [2.45, 2.75) is 98.1 Å². The molecule has 0 aromatic carbocycles. The van der Waals surface area contributed by atoms with Crippen molar-refractivity contribution >= 4 is 39.7 Å². The Balaban J connectivity index is 5.60. The Hall–Kier alpha value is 0.178. The van der Waals surface area contributed by atoms with E-state index in [1.165, 1.54) is 0 Å². The molecule has 0 rings (SSSR count). The van der Waals surface area contributed by atoms with Gasteiger partial charge in [0, 0.05) is 25.1 Å². The predicted molar refractivity (Wildman–Crippen MR) is 138 cm³/mol. The van der Waals surface area contributed by atoms with Crippen molar-refractivity contribution < 1.29 is 17.1 Å². The highest BCUT2D eigenvalue weighted by atomic mass is 28.5. The first-order valence-electron chi connectivity index (χ1n) is 11.5. The van der Waals surface area contributed by atoms with Gasteiger partial charge in [-0.2, -0.15) is 0 Å². The van der Waals surface area contributed by atoms with Gasteiger partial charge in [-0.1, -0.05) is 13.8 Å². The van der Waals surface area contributed by atoms with E-state index in [0.717, 1.165) is 25.3 Å². The summed E-state index contributed by atoms with van der Waals surface area (Å²) < 4.78 is 20.2. The van der Waals surface area contributed by atoms with Gasteiger partial charge in [0.25, 0.3) is 0 Å². The van der Waals surface area contributed by atoms with Crippen LogP contribution in [0.4, 0.5) is 0 Å². The number of hydrogen-bond donors (Lipinski definition) is 1. The maximum Gasteiger partial charge on any atom is 0.469 e. The topological polar surface area (TPSA) is 74.0 Å². The summed E-state index contributed by atoms with van der Waals surface area (Å²) in [5.74, 6) is 0.265. The van der Waals surface area contributed by atoms with Crippen LogP contribution in [-0.2, 0) is 17.1 Å². The van der Waals surface area contributed by atoms with Crippen LogP contribution in [0.5, 0.6) is 0 Å². The second-order valence-electron chi connectivity index (χ2n) is 11.2. The van der Waals surface area contributed by atoms with E-state index < -0.39 is 33.8 Å². The summed E-state index contributed by atoms with van der Waals surface area (Å²) in [4.78, 5) is 14.8. The van der Waals surface area contributed by atoms with Crippen LogP contribution in [0.25, 0.3) is 0 Å². The fourth-order valence-corrected chi connectivity index (χ4v) is 17.8. The molecule has 1 unspecified atom stereocenters. The molecule has 180 valence electrons. The largest absolute Gasteiger partial charge is 0.469 e. The number of carbonyl (C=O) groups is 1. The zero-order valence-electron chi connectivity index (χ0n) is 21.7. The van der Waals surface area contributed by atoms with Crippen LogP contribution in [0.2, 0.25) is 65.0 Å². The van der Waals surface area contributed by atoms with Crippen molar-refractivity contribution in [2.24, 2.45) is 11.7 Å². The number of amides is 1. The Morgan fingerprint density at radius 1 is 0.833 bits per heavy atom. The van der Waals surface area contributed by atoms with Crippen LogP contribution in [0, 0.1) is 5.92 Å². The summed E-state index contributed by atoms with van der Waals surface area (Å²) in [6.07, 6.45) is 2.51. The summed E-state index contributed by atoms with van der Waals surface area (Å²) in [6.45, 7) is 25.9. The van der Waals surface area contributed by atoms with E-state index in [1.54, 1.807) is 0 Å². The van der Waals surface area contributed by atoms with E-state index >= 15 is 0 Å². The van der Waals surface area contributed by atoms with Crippen molar-refractivity contribution in [1.29, 1.82) is 0 Å². The fourth-order valence-electron chi connectivity index (χ4n) is 3.20. The third-order valence-corrected chi connectivity index (χ3v) is 16.3. The second kappa shape index (κ2) is 12.4. The quantitative estimate of drug-likeness (QED) is 0.321. The second-order valence-corrected chi connectivity index (χ2v) is 28.2. The van der Waals surface area contributed by atoms with Crippen molar-refractivity contribution in [3.63, 3.8) is 0 Å². The van der Waals surface area contributed by atoms with Gasteiger partial charge in [0.2, 0.25) is 5.91 Å². The predicted octanol–water partition coefficient (Wildman–Crippen LogP) is 5.09. The van der Waals surface area contributed by atoms with Crippen molar-refractivity contribution in [3.8, 4) is 0 Å². The summed E-state index contributed by atoms with van der Waals surface area (Å²) in [5.41, 5.74) is 5.71. The molecule has 1 atom stereocenters. The molecule has 0 aromatic rings. The lowest BCUT2D eigenvalue weighted by Gasteiger charge is -2.43. The maximum atomic E-state index is 12.8. The molecule has 30 heavy (non-hydrogen) atoms. The number of nitrogens with zero attached hydrogens (tertiary/aromatic N) is 1. The average Bonchev–Trinajstić information content (AvgIpc) is 2.51. The normalized spacial score (nSPS) is 14.7. The minimum Gasteiger partial charge on any atom is -0.417 e. The Labute approximate surface area is 191 Å². The van der Waals surface area contributed by atoms with Crippen molar-refractivity contribution in [1.82, 2.24) is 4.90 Å². The van der Waals surface area contributed by atoms with E-state index in [0.29, 0.717) is 19.6 Å². The van der Waals surface area contributed by atoms with Gasteiger partial charge in [-0.3, -0.25) is 4.79 Å².